The number of hydrogen-bond acceptors (Lipinski definition) is 4. The molecule has 2 aromatic carbocycles. The summed E-state index contributed by atoms with van der Waals surface area (Å²) in [6, 6.07) is 15.4. The number of aromatic nitrogens is 1. The quantitative estimate of drug-likeness (QED) is 0.327. The third-order valence-electron chi connectivity index (χ3n) is 5.17. The fraction of sp³-hybridized carbons (Fsp3) is 0.154. The van der Waals surface area contributed by atoms with Gasteiger partial charge < -0.3 is 14.5 Å². The molecule has 4 rings (SSSR count). The molecule has 162 valence electrons. The lowest BCUT2D eigenvalue weighted by Crippen LogP contribution is -2.10. The maximum absolute atomic E-state index is 12.6. The van der Waals surface area contributed by atoms with Crippen molar-refractivity contribution in [2.24, 2.45) is 0 Å². The van der Waals surface area contributed by atoms with E-state index in [-0.39, 0.29) is 5.91 Å². The molecule has 6 heteroatoms. The van der Waals surface area contributed by atoms with Crippen molar-refractivity contribution in [1.82, 2.24) is 4.98 Å². The Labute approximate surface area is 191 Å². The van der Waals surface area contributed by atoms with Crippen LogP contribution >= 0.6 is 11.6 Å². The highest BCUT2D eigenvalue weighted by atomic mass is 35.5. The molecule has 32 heavy (non-hydrogen) atoms. The minimum absolute atomic E-state index is 0.284. The van der Waals surface area contributed by atoms with Crippen LogP contribution in [0.2, 0.25) is 5.02 Å². The van der Waals surface area contributed by atoms with Gasteiger partial charge in [-0.3, -0.25) is 4.79 Å². The van der Waals surface area contributed by atoms with Gasteiger partial charge in [-0.1, -0.05) is 41.9 Å². The second-order valence-electron chi connectivity index (χ2n) is 7.38. The highest BCUT2D eigenvalue weighted by Gasteiger charge is 2.19. The molecule has 0 saturated carbocycles. The lowest BCUT2D eigenvalue weighted by atomic mass is 9.96. The van der Waals surface area contributed by atoms with Crippen molar-refractivity contribution >= 4 is 39.9 Å². The number of benzene rings is 2. The molecular weight excluding hydrogens is 424 g/mol. The van der Waals surface area contributed by atoms with Gasteiger partial charge in [-0.2, -0.15) is 0 Å². The Morgan fingerprint density at radius 2 is 2.00 bits per heavy atom. The van der Waals surface area contributed by atoms with Crippen molar-refractivity contribution in [3.8, 4) is 16.9 Å². The Morgan fingerprint density at radius 1 is 1.22 bits per heavy atom. The minimum atomic E-state index is -0.284. The topological polar surface area (TPSA) is 64.4 Å². The average Bonchev–Trinajstić information content (AvgIpc) is 3.22. The van der Waals surface area contributed by atoms with E-state index in [1.807, 2.05) is 57.2 Å². The summed E-state index contributed by atoms with van der Waals surface area (Å²) in [7, 11) is 0. The number of allylic oxidation sites excluding steroid dienone is 1. The zero-order chi connectivity index (χ0) is 22.7. The number of ether oxygens (including phenoxy) is 1. The van der Waals surface area contributed by atoms with Crippen LogP contribution < -0.4 is 10.1 Å². The zero-order valence-electron chi connectivity index (χ0n) is 18.1. The van der Waals surface area contributed by atoms with Crippen molar-refractivity contribution in [3.05, 3.63) is 83.2 Å². The van der Waals surface area contributed by atoms with Crippen molar-refractivity contribution in [2.45, 2.75) is 20.8 Å². The lowest BCUT2D eigenvalue weighted by molar-refractivity contribution is -0.111. The van der Waals surface area contributed by atoms with Crippen LogP contribution in [0.5, 0.6) is 5.75 Å². The van der Waals surface area contributed by atoms with Crippen molar-refractivity contribution in [2.75, 3.05) is 11.9 Å². The standard InChI is InChI=1S/C26H23ClN2O3/c1-4-31-25-17(3)26-21(22(15-32-26)18-8-6-5-7-9-18)13-20(25)16(2)12-24(30)29-23-11-10-19(27)14-28-23/h5-15H,4H2,1-3H3,(H,28,29,30)/b16-12+. The van der Waals surface area contributed by atoms with Gasteiger partial charge in [0.1, 0.15) is 17.2 Å². The second-order valence-corrected chi connectivity index (χ2v) is 7.82. The monoisotopic (exact) mass is 446 g/mol. The first-order valence-electron chi connectivity index (χ1n) is 10.3. The lowest BCUT2D eigenvalue weighted by Gasteiger charge is -2.15. The Bertz CT molecular complexity index is 1290. The van der Waals surface area contributed by atoms with E-state index in [0.29, 0.717) is 23.2 Å². The first-order chi connectivity index (χ1) is 15.5. The van der Waals surface area contributed by atoms with Crippen LogP contribution in [0.1, 0.15) is 25.0 Å². The molecule has 0 saturated heterocycles. The predicted octanol–water partition coefficient (Wildman–Crippen LogP) is 6.90. The highest BCUT2D eigenvalue weighted by Crippen LogP contribution is 2.40. The number of hydrogen-bond donors (Lipinski definition) is 1. The fourth-order valence-corrected chi connectivity index (χ4v) is 3.78. The van der Waals surface area contributed by atoms with Gasteiger partial charge in [0, 0.05) is 34.3 Å². The van der Waals surface area contributed by atoms with Gasteiger partial charge in [-0.25, -0.2) is 4.98 Å². The fourth-order valence-electron chi connectivity index (χ4n) is 3.67. The number of nitrogens with one attached hydrogen (secondary N) is 1. The molecule has 4 aromatic rings. The largest absolute Gasteiger partial charge is 0.493 e. The van der Waals surface area contributed by atoms with Crippen LogP contribution in [0.25, 0.3) is 27.7 Å². The average molecular weight is 447 g/mol. The number of furan rings is 1. The predicted molar refractivity (Wildman–Crippen MR) is 129 cm³/mol. The molecule has 0 spiro atoms. The molecule has 0 atom stereocenters. The van der Waals surface area contributed by atoms with E-state index in [4.69, 9.17) is 20.8 Å². The number of carbonyl (C=O) groups is 1. The number of nitrogens with zero attached hydrogens (tertiary/aromatic N) is 1. The Balaban J connectivity index is 1.77. The van der Waals surface area contributed by atoms with E-state index in [1.54, 1.807) is 24.5 Å². The summed E-state index contributed by atoms with van der Waals surface area (Å²) in [4.78, 5) is 16.7. The molecule has 5 nitrogen and oxygen atoms in total. The first kappa shape index (κ1) is 21.7. The van der Waals surface area contributed by atoms with Crippen molar-refractivity contribution < 1.29 is 13.9 Å². The number of pyridine rings is 1. The van der Waals surface area contributed by atoms with Gasteiger partial charge in [-0.05, 0) is 50.1 Å². The molecule has 0 aliphatic heterocycles. The summed E-state index contributed by atoms with van der Waals surface area (Å²) in [5.74, 6) is 0.856. The van der Waals surface area contributed by atoms with Gasteiger partial charge in [0.2, 0.25) is 5.91 Å². The second kappa shape index (κ2) is 9.28. The maximum atomic E-state index is 12.6. The normalized spacial score (nSPS) is 11.6. The summed E-state index contributed by atoms with van der Waals surface area (Å²) in [5.41, 5.74) is 5.34. The Hall–Kier alpha value is -3.57. The first-order valence-corrected chi connectivity index (χ1v) is 10.7. The van der Waals surface area contributed by atoms with Gasteiger partial charge in [0.05, 0.1) is 17.9 Å². The number of anilines is 1. The number of amides is 1. The van der Waals surface area contributed by atoms with Crippen LogP contribution in [0, 0.1) is 6.92 Å². The van der Waals surface area contributed by atoms with Gasteiger partial charge in [-0.15, -0.1) is 0 Å². The van der Waals surface area contributed by atoms with E-state index in [9.17, 15) is 4.79 Å². The van der Waals surface area contributed by atoms with Crippen LogP contribution in [-0.4, -0.2) is 17.5 Å². The van der Waals surface area contributed by atoms with E-state index < -0.39 is 0 Å². The molecule has 0 aliphatic carbocycles. The van der Waals surface area contributed by atoms with Crippen LogP contribution in [-0.2, 0) is 4.79 Å². The minimum Gasteiger partial charge on any atom is -0.493 e. The number of rotatable bonds is 6. The summed E-state index contributed by atoms with van der Waals surface area (Å²) in [5, 5.41) is 4.24. The van der Waals surface area contributed by atoms with Crippen molar-refractivity contribution in [1.29, 1.82) is 0 Å². The van der Waals surface area contributed by atoms with Crippen LogP contribution in [0.3, 0.4) is 0 Å². The van der Waals surface area contributed by atoms with E-state index >= 15 is 0 Å². The third kappa shape index (κ3) is 4.39. The van der Waals surface area contributed by atoms with E-state index in [1.165, 1.54) is 6.20 Å². The molecule has 2 heterocycles. The number of aryl methyl sites for hydroxylation is 1. The summed E-state index contributed by atoms with van der Waals surface area (Å²) < 4.78 is 11.9. The third-order valence-corrected chi connectivity index (χ3v) is 5.39. The molecule has 1 amide bonds. The zero-order valence-corrected chi connectivity index (χ0v) is 18.9. The van der Waals surface area contributed by atoms with Gasteiger partial charge >= 0.3 is 0 Å². The van der Waals surface area contributed by atoms with Gasteiger partial charge in [0.15, 0.2) is 0 Å². The van der Waals surface area contributed by atoms with E-state index in [2.05, 4.69) is 10.3 Å². The van der Waals surface area contributed by atoms with Gasteiger partial charge in [0.25, 0.3) is 0 Å². The molecule has 0 unspecified atom stereocenters. The number of halogens is 1. The molecular formula is C26H23ClN2O3. The van der Waals surface area contributed by atoms with Crippen molar-refractivity contribution in [3.63, 3.8) is 0 Å². The molecule has 0 fully saturated rings. The highest BCUT2D eigenvalue weighted by molar-refractivity contribution is 6.30. The van der Waals surface area contributed by atoms with Crippen LogP contribution in [0.15, 0.2) is 71.5 Å². The Morgan fingerprint density at radius 3 is 2.69 bits per heavy atom. The van der Waals surface area contributed by atoms with E-state index in [0.717, 1.165) is 38.8 Å². The number of carbonyl (C=O) groups excluding carboxylic acids is 1. The Kier molecular flexibility index (Phi) is 6.28. The summed E-state index contributed by atoms with van der Waals surface area (Å²) >= 11 is 5.86. The smallest absolute Gasteiger partial charge is 0.249 e. The molecule has 0 radical (unpaired) electrons. The molecule has 0 bridgehead atoms. The maximum Gasteiger partial charge on any atom is 0.249 e. The molecule has 2 aromatic heterocycles. The molecule has 0 aliphatic rings. The summed E-state index contributed by atoms with van der Waals surface area (Å²) in [6.45, 7) is 6.29. The summed E-state index contributed by atoms with van der Waals surface area (Å²) in [6.07, 6.45) is 4.80. The SMILES string of the molecule is CCOc1c(/C(C)=C/C(=O)Nc2ccc(Cl)cn2)cc2c(-c3ccccc3)coc2c1C. The number of fused-ring (bicyclic) bond motifs is 1. The molecule has 1 N–H and O–H groups in total. The van der Waals surface area contributed by atoms with Crippen LogP contribution in [0.4, 0.5) is 5.82 Å².